The Labute approximate surface area is 55.0 Å². The summed E-state index contributed by atoms with van der Waals surface area (Å²) >= 11 is 4.84. The van der Waals surface area contributed by atoms with E-state index in [4.69, 9.17) is 17.0 Å². The Kier molecular flexibility index (Phi) is 1.84. The van der Waals surface area contributed by atoms with Gasteiger partial charge >= 0.3 is 0 Å². The van der Waals surface area contributed by atoms with Gasteiger partial charge in [-0.05, 0) is 25.1 Å². The van der Waals surface area contributed by atoms with Gasteiger partial charge in [-0.25, -0.2) is 0 Å². The van der Waals surface area contributed by atoms with Crippen molar-refractivity contribution in [1.82, 2.24) is 0 Å². The summed E-state index contributed by atoms with van der Waals surface area (Å²) in [5, 5.41) is 0.803. The minimum Gasteiger partial charge on any atom is -0.484 e. The van der Waals surface area contributed by atoms with Crippen molar-refractivity contribution in [2.75, 3.05) is 0 Å². The molecule has 0 N–H and O–H groups in total. The summed E-state index contributed by atoms with van der Waals surface area (Å²) in [5.41, 5.74) is 0. The van der Waals surface area contributed by atoms with E-state index in [1.54, 1.807) is 0 Å². The molecule has 0 radical (unpaired) electrons. The predicted octanol–water partition coefficient (Wildman–Crippen LogP) is 1.90. The second-order valence-corrected chi connectivity index (χ2v) is 2.51. The summed E-state index contributed by atoms with van der Waals surface area (Å²) in [6.07, 6.45) is 3.66. The summed E-state index contributed by atoms with van der Waals surface area (Å²) < 4.78 is 5.24. The van der Waals surface area contributed by atoms with Crippen LogP contribution in [0.25, 0.3) is 0 Å². The molecule has 0 bridgehead atoms. The molecule has 46 valence electrons. The lowest BCUT2D eigenvalue weighted by atomic mass is 10.2. The van der Waals surface area contributed by atoms with Crippen LogP contribution >= 0.6 is 12.2 Å². The third kappa shape index (κ3) is 1.19. The molecule has 8 heavy (non-hydrogen) atoms. The van der Waals surface area contributed by atoms with E-state index in [1.807, 2.05) is 0 Å². The topological polar surface area (TPSA) is 9.23 Å². The standard InChI is InChI=1S/C6H10OS/c1-2-5-3-4-6(8)7-5/h5H,2-4H2,1H3/t5-/m1/s1. The van der Waals surface area contributed by atoms with Gasteiger partial charge in [0, 0.05) is 6.42 Å². The SMILES string of the molecule is CC[C@@H]1CCC(=S)O1. The third-order valence-corrected chi connectivity index (χ3v) is 1.72. The van der Waals surface area contributed by atoms with Gasteiger partial charge in [0.1, 0.15) is 0 Å². The summed E-state index contributed by atoms with van der Waals surface area (Å²) in [4.78, 5) is 0. The zero-order chi connectivity index (χ0) is 5.98. The van der Waals surface area contributed by atoms with E-state index in [9.17, 15) is 0 Å². The number of ether oxygens (including phenoxy) is 1. The molecule has 1 fully saturated rings. The Morgan fingerprint density at radius 2 is 2.62 bits per heavy atom. The monoisotopic (exact) mass is 130 g/mol. The molecule has 0 aliphatic carbocycles. The molecule has 1 aliphatic rings. The lowest BCUT2D eigenvalue weighted by molar-refractivity contribution is 0.219. The molecule has 2 heteroatoms. The van der Waals surface area contributed by atoms with Crippen LogP contribution in [0.4, 0.5) is 0 Å². The molecule has 1 aliphatic heterocycles. The molecule has 0 spiro atoms. The van der Waals surface area contributed by atoms with Crippen LogP contribution in [0.2, 0.25) is 0 Å². The van der Waals surface area contributed by atoms with Gasteiger partial charge in [0.25, 0.3) is 0 Å². The first-order valence-corrected chi connectivity index (χ1v) is 3.43. The van der Waals surface area contributed by atoms with Crippen molar-refractivity contribution in [2.24, 2.45) is 0 Å². The fraction of sp³-hybridized carbons (Fsp3) is 0.833. The predicted molar refractivity (Wildman–Crippen MR) is 37.0 cm³/mol. The summed E-state index contributed by atoms with van der Waals surface area (Å²) in [7, 11) is 0. The smallest absolute Gasteiger partial charge is 0.160 e. The van der Waals surface area contributed by atoms with E-state index in [1.165, 1.54) is 0 Å². The van der Waals surface area contributed by atoms with E-state index >= 15 is 0 Å². The zero-order valence-electron chi connectivity index (χ0n) is 5.02. The van der Waals surface area contributed by atoms with E-state index in [0.717, 1.165) is 24.3 Å². The van der Waals surface area contributed by atoms with Crippen LogP contribution in [0, 0.1) is 0 Å². The van der Waals surface area contributed by atoms with Crippen LogP contribution in [0.5, 0.6) is 0 Å². The quantitative estimate of drug-likeness (QED) is 0.501. The molecule has 0 saturated carbocycles. The third-order valence-electron chi connectivity index (χ3n) is 1.42. The van der Waals surface area contributed by atoms with Gasteiger partial charge in [-0.2, -0.15) is 0 Å². The number of hydrogen-bond donors (Lipinski definition) is 0. The van der Waals surface area contributed by atoms with E-state index in [0.29, 0.717) is 6.10 Å². The van der Waals surface area contributed by atoms with Gasteiger partial charge in [0.2, 0.25) is 0 Å². The molecule has 1 saturated heterocycles. The minimum absolute atomic E-state index is 0.433. The van der Waals surface area contributed by atoms with Gasteiger partial charge < -0.3 is 4.74 Å². The highest BCUT2D eigenvalue weighted by atomic mass is 32.1. The first-order valence-electron chi connectivity index (χ1n) is 3.02. The Bertz CT molecular complexity index is 101. The Morgan fingerprint density at radius 3 is 2.88 bits per heavy atom. The zero-order valence-corrected chi connectivity index (χ0v) is 5.83. The number of hydrogen-bond acceptors (Lipinski definition) is 2. The molecule has 0 amide bonds. The van der Waals surface area contributed by atoms with Crippen LogP contribution in [-0.4, -0.2) is 11.2 Å². The lowest BCUT2D eigenvalue weighted by Crippen LogP contribution is -2.02. The van der Waals surface area contributed by atoms with E-state index < -0.39 is 0 Å². The Morgan fingerprint density at radius 1 is 1.88 bits per heavy atom. The van der Waals surface area contributed by atoms with Gasteiger partial charge in [-0.1, -0.05) is 6.92 Å². The highest BCUT2D eigenvalue weighted by Crippen LogP contribution is 2.16. The Hall–Kier alpha value is -0.110. The lowest BCUT2D eigenvalue weighted by Gasteiger charge is -2.03. The number of thiocarbonyl (C=S) groups is 1. The molecular weight excluding hydrogens is 120 g/mol. The fourth-order valence-corrected chi connectivity index (χ4v) is 1.12. The first kappa shape index (κ1) is 6.02. The van der Waals surface area contributed by atoms with Crippen LogP contribution in [0.15, 0.2) is 0 Å². The molecule has 0 aromatic carbocycles. The first-order chi connectivity index (χ1) is 3.83. The van der Waals surface area contributed by atoms with Crippen LogP contribution in [-0.2, 0) is 4.74 Å². The van der Waals surface area contributed by atoms with Crippen LogP contribution in [0.3, 0.4) is 0 Å². The van der Waals surface area contributed by atoms with Crippen molar-refractivity contribution in [1.29, 1.82) is 0 Å². The number of rotatable bonds is 1. The highest BCUT2D eigenvalue weighted by Gasteiger charge is 2.17. The Balaban J connectivity index is 2.32. The molecule has 1 atom stereocenters. The van der Waals surface area contributed by atoms with Crippen molar-refractivity contribution >= 4 is 17.3 Å². The maximum atomic E-state index is 5.24. The van der Waals surface area contributed by atoms with Crippen molar-refractivity contribution in [3.8, 4) is 0 Å². The van der Waals surface area contributed by atoms with Crippen LogP contribution in [0.1, 0.15) is 26.2 Å². The highest BCUT2D eigenvalue weighted by molar-refractivity contribution is 7.80. The van der Waals surface area contributed by atoms with E-state index in [-0.39, 0.29) is 0 Å². The van der Waals surface area contributed by atoms with E-state index in [2.05, 4.69) is 6.92 Å². The normalized spacial score (nSPS) is 28.1. The maximum absolute atomic E-state index is 5.24. The average molecular weight is 130 g/mol. The van der Waals surface area contributed by atoms with Crippen molar-refractivity contribution in [3.63, 3.8) is 0 Å². The van der Waals surface area contributed by atoms with Gasteiger partial charge in [0.05, 0.1) is 6.10 Å². The van der Waals surface area contributed by atoms with Gasteiger partial charge in [-0.15, -0.1) is 0 Å². The summed E-state index contributed by atoms with van der Waals surface area (Å²) in [5.74, 6) is 0. The average Bonchev–Trinajstić information content (AvgIpc) is 2.14. The largest absolute Gasteiger partial charge is 0.484 e. The minimum atomic E-state index is 0.433. The molecule has 1 nitrogen and oxygen atoms in total. The molecular formula is C6H10OS. The molecule has 0 unspecified atom stereocenters. The van der Waals surface area contributed by atoms with Crippen LogP contribution < -0.4 is 0 Å². The van der Waals surface area contributed by atoms with Crippen molar-refractivity contribution in [3.05, 3.63) is 0 Å². The molecule has 0 aromatic rings. The van der Waals surface area contributed by atoms with Crippen molar-refractivity contribution < 1.29 is 4.74 Å². The summed E-state index contributed by atoms with van der Waals surface area (Å²) in [6.45, 7) is 2.12. The summed E-state index contributed by atoms with van der Waals surface area (Å²) in [6, 6.07) is 0. The van der Waals surface area contributed by atoms with Crippen molar-refractivity contribution in [2.45, 2.75) is 32.3 Å². The van der Waals surface area contributed by atoms with Gasteiger partial charge in [-0.3, -0.25) is 0 Å². The fourth-order valence-electron chi connectivity index (χ4n) is 0.870. The van der Waals surface area contributed by atoms with Gasteiger partial charge in [0.15, 0.2) is 5.05 Å². The molecule has 0 aromatic heterocycles. The maximum Gasteiger partial charge on any atom is 0.160 e. The second-order valence-electron chi connectivity index (χ2n) is 2.06. The second kappa shape index (κ2) is 2.44. The molecule has 1 heterocycles. The molecule has 1 rings (SSSR count).